The highest BCUT2D eigenvalue weighted by molar-refractivity contribution is 7.22. The Bertz CT molecular complexity index is 941. The van der Waals surface area contributed by atoms with Gasteiger partial charge in [-0.05, 0) is 43.7 Å². The molecule has 1 aliphatic rings. The van der Waals surface area contributed by atoms with Gasteiger partial charge in [0.15, 0.2) is 5.13 Å². The quantitative estimate of drug-likeness (QED) is 0.528. The van der Waals surface area contributed by atoms with Crippen LogP contribution in [-0.2, 0) is 4.79 Å². The molecule has 1 aliphatic heterocycles. The Balaban J connectivity index is 0.00000256. The Kier molecular flexibility index (Phi) is 8.01. The van der Waals surface area contributed by atoms with Crippen LogP contribution in [-0.4, -0.2) is 48.5 Å². The first-order valence-electron chi connectivity index (χ1n) is 10.1. The Morgan fingerprint density at radius 2 is 1.77 bits per heavy atom. The summed E-state index contributed by atoms with van der Waals surface area (Å²) in [6.45, 7) is 4.48. The van der Waals surface area contributed by atoms with Gasteiger partial charge >= 0.3 is 0 Å². The number of unbranched alkanes of at least 4 members (excludes halogenated alkanes) is 1. The van der Waals surface area contributed by atoms with Crippen molar-refractivity contribution >= 4 is 50.7 Å². The van der Waals surface area contributed by atoms with Gasteiger partial charge in [-0.1, -0.05) is 35.6 Å². The van der Waals surface area contributed by atoms with Crippen molar-refractivity contribution in [3.8, 4) is 0 Å². The number of nitrogens with zero attached hydrogens (tertiary/aromatic N) is 3. The van der Waals surface area contributed by atoms with Crippen molar-refractivity contribution in [1.82, 2.24) is 9.88 Å². The highest BCUT2D eigenvalue weighted by Gasteiger charge is 2.18. The van der Waals surface area contributed by atoms with Gasteiger partial charge < -0.3 is 10.2 Å². The molecular weight excluding hydrogens is 423 g/mol. The van der Waals surface area contributed by atoms with Crippen LogP contribution in [0.15, 0.2) is 48.5 Å². The zero-order valence-corrected chi connectivity index (χ0v) is 18.4. The van der Waals surface area contributed by atoms with Crippen LogP contribution in [0.3, 0.4) is 0 Å². The average Bonchev–Trinajstić information content (AvgIpc) is 3.14. The predicted molar refractivity (Wildman–Crippen MR) is 124 cm³/mol. The molecule has 0 atom stereocenters. The van der Waals surface area contributed by atoms with Gasteiger partial charge in [-0.25, -0.2) is 9.37 Å². The van der Waals surface area contributed by atoms with Crippen molar-refractivity contribution < 1.29 is 9.18 Å². The van der Waals surface area contributed by atoms with Crippen LogP contribution in [0.2, 0.25) is 0 Å². The number of aromatic nitrogens is 1. The summed E-state index contributed by atoms with van der Waals surface area (Å²) in [7, 11) is 0. The standard InChI is InChI=1S/C22H25FN4OS.ClH/c23-17-7-1-3-9-19(17)27-15-13-26(14-16-27)12-6-5-11-21(28)25-22-24-18-8-2-4-10-20(18)29-22;/h1-4,7-10H,5-6,11-16H2,(H,24,25,28);1H. The number of carbonyl (C=O) groups excluding carboxylic acids is 1. The number of nitrogens with one attached hydrogen (secondary N) is 1. The highest BCUT2D eigenvalue weighted by Crippen LogP contribution is 2.25. The minimum Gasteiger partial charge on any atom is -0.367 e. The number of piperazine rings is 1. The van der Waals surface area contributed by atoms with E-state index < -0.39 is 0 Å². The normalized spacial score (nSPS) is 14.5. The molecule has 5 nitrogen and oxygen atoms in total. The van der Waals surface area contributed by atoms with E-state index >= 15 is 0 Å². The fourth-order valence-corrected chi connectivity index (χ4v) is 4.53. The number of thiazole rings is 1. The molecule has 8 heteroatoms. The summed E-state index contributed by atoms with van der Waals surface area (Å²) in [5.41, 5.74) is 1.61. The van der Waals surface area contributed by atoms with E-state index in [0.717, 1.165) is 55.8 Å². The number of fused-ring (bicyclic) bond motifs is 1. The molecule has 160 valence electrons. The number of rotatable bonds is 7. The van der Waals surface area contributed by atoms with E-state index in [1.807, 2.05) is 36.4 Å². The van der Waals surface area contributed by atoms with Gasteiger partial charge in [0.2, 0.25) is 5.91 Å². The molecular formula is C22H26ClFN4OS. The van der Waals surface area contributed by atoms with Gasteiger partial charge in [-0.2, -0.15) is 0 Å². The monoisotopic (exact) mass is 448 g/mol. The molecule has 1 aromatic heterocycles. The van der Waals surface area contributed by atoms with E-state index in [1.54, 1.807) is 6.07 Å². The van der Waals surface area contributed by atoms with E-state index in [1.165, 1.54) is 17.4 Å². The number of amides is 1. The lowest BCUT2D eigenvalue weighted by atomic mass is 10.2. The minimum absolute atomic E-state index is 0. The van der Waals surface area contributed by atoms with Crippen molar-refractivity contribution in [3.05, 3.63) is 54.3 Å². The maximum atomic E-state index is 13.9. The molecule has 1 fully saturated rings. The summed E-state index contributed by atoms with van der Waals surface area (Å²) < 4.78 is 15.0. The molecule has 1 saturated heterocycles. The molecule has 0 unspecified atom stereocenters. The fourth-order valence-electron chi connectivity index (χ4n) is 3.65. The fraction of sp³-hybridized carbons (Fsp3) is 0.364. The van der Waals surface area contributed by atoms with Gasteiger partial charge in [0.25, 0.3) is 0 Å². The zero-order chi connectivity index (χ0) is 20.1. The first-order chi connectivity index (χ1) is 14.2. The van der Waals surface area contributed by atoms with Crippen molar-refractivity contribution in [2.24, 2.45) is 0 Å². The molecule has 0 spiro atoms. The molecule has 0 aliphatic carbocycles. The average molecular weight is 449 g/mol. The third-order valence-electron chi connectivity index (χ3n) is 5.23. The number of halogens is 2. The molecule has 0 bridgehead atoms. The zero-order valence-electron chi connectivity index (χ0n) is 16.7. The van der Waals surface area contributed by atoms with Crippen LogP contribution in [0, 0.1) is 5.82 Å². The third-order valence-corrected chi connectivity index (χ3v) is 6.19. The molecule has 0 radical (unpaired) electrons. The number of hydrogen-bond acceptors (Lipinski definition) is 5. The number of benzene rings is 2. The lowest BCUT2D eigenvalue weighted by molar-refractivity contribution is -0.116. The lowest BCUT2D eigenvalue weighted by Crippen LogP contribution is -2.46. The molecule has 2 aromatic carbocycles. The van der Waals surface area contributed by atoms with Gasteiger partial charge in [-0.15, -0.1) is 12.4 Å². The van der Waals surface area contributed by atoms with Gasteiger partial charge in [0.05, 0.1) is 15.9 Å². The summed E-state index contributed by atoms with van der Waals surface area (Å²) >= 11 is 1.50. The number of anilines is 2. The van der Waals surface area contributed by atoms with E-state index in [4.69, 9.17) is 0 Å². The second-order valence-electron chi connectivity index (χ2n) is 7.27. The second-order valence-corrected chi connectivity index (χ2v) is 8.30. The van der Waals surface area contributed by atoms with Crippen molar-refractivity contribution in [2.75, 3.05) is 42.9 Å². The number of para-hydroxylation sites is 2. The topological polar surface area (TPSA) is 48.5 Å². The van der Waals surface area contributed by atoms with Gasteiger partial charge in [-0.3, -0.25) is 9.69 Å². The SMILES string of the molecule is Cl.O=C(CCCCN1CCN(c2ccccc2F)CC1)Nc1nc2ccccc2s1. The second kappa shape index (κ2) is 10.7. The van der Waals surface area contributed by atoms with Crippen LogP contribution in [0.1, 0.15) is 19.3 Å². The lowest BCUT2D eigenvalue weighted by Gasteiger charge is -2.36. The third kappa shape index (κ3) is 5.68. The van der Waals surface area contributed by atoms with Crippen LogP contribution < -0.4 is 10.2 Å². The summed E-state index contributed by atoms with van der Waals surface area (Å²) in [6.07, 6.45) is 2.34. The van der Waals surface area contributed by atoms with Gasteiger partial charge in [0, 0.05) is 32.6 Å². The van der Waals surface area contributed by atoms with Crippen molar-refractivity contribution in [3.63, 3.8) is 0 Å². The van der Waals surface area contributed by atoms with Crippen molar-refractivity contribution in [1.29, 1.82) is 0 Å². The summed E-state index contributed by atoms with van der Waals surface area (Å²) in [5.74, 6) is -0.131. The van der Waals surface area contributed by atoms with Crippen molar-refractivity contribution in [2.45, 2.75) is 19.3 Å². The van der Waals surface area contributed by atoms with Crippen LogP contribution in [0.5, 0.6) is 0 Å². The first kappa shape index (κ1) is 22.5. The maximum absolute atomic E-state index is 13.9. The number of carbonyl (C=O) groups is 1. The van der Waals surface area contributed by atoms with Crippen LogP contribution in [0.25, 0.3) is 10.2 Å². The molecule has 30 heavy (non-hydrogen) atoms. The maximum Gasteiger partial charge on any atom is 0.226 e. The largest absolute Gasteiger partial charge is 0.367 e. The molecule has 3 aromatic rings. The summed E-state index contributed by atoms with van der Waals surface area (Å²) in [5, 5.41) is 3.58. The highest BCUT2D eigenvalue weighted by atomic mass is 35.5. The smallest absolute Gasteiger partial charge is 0.226 e. The van der Waals surface area contributed by atoms with E-state index in [2.05, 4.69) is 20.1 Å². The van der Waals surface area contributed by atoms with Crippen LogP contribution >= 0.6 is 23.7 Å². The minimum atomic E-state index is -0.153. The Hall–Kier alpha value is -2.22. The molecule has 1 amide bonds. The van der Waals surface area contributed by atoms with E-state index in [-0.39, 0.29) is 24.1 Å². The van der Waals surface area contributed by atoms with E-state index in [9.17, 15) is 9.18 Å². The van der Waals surface area contributed by atoms with Gasteiger partial charge in [0.1, 0.15) is 5.82 Å². The number of hydrogen-bond donors (Lipinski definition) is 1. The Morgan fingerprint density at radius 3 is 2.53 bits per heavy atom. The summed E-state index contributed by atoms with van der Waals surface area (Å²) in [6, 6.07) is 14.8. The Labute approximate surface area is 186 Å². The van der Waals surface area contributed by atoms with E-state index in [0.29, 0.717) is 17.2 Å². The first-order valence-corrected chi connectivity index (χ1v) is 10.9. The molecule has 2 heterocycles. The molecule has 0 saturated carbocycles. The predicted octanol–water partition coefficient (Wildman–Crippen LogP) is 4.79. The molecule has 1 N–H and O–H groups in total. The summed E-state index contributed by atoms with van der Waals surface area (Å²) in [4.78, 5) is 21.1. The van der Waals surface area contributed by atoms with Crippen LogP contribution in [0.4, 0.5) is 15.2 Å². The molecule has 4 rings (SSSR count). The Morgan fingerprint density at radius 1 is 1.03 bits per heavy atom.